The Morgan fingerprint density at radius 2 is 2.08 bits per heavy atom. The number of hydrogen-bond donors (Lipinski definition) is 1. The van der Waals surface area contributed by atoms with Crippen LogP contribution in [0.1, 0.15) is 18.9 Å². The summed E-state index contributed by atoms with van der Waals surface area (Å²) in [6.45, 7) is 4.32. The van der Waals surface area contributed by atoms with Crippen molar-refractivity contribution in [1.29, 1.82) is 0 Å². The van der Waals surface area contributed by atoms with Crippen molar-refractivity contribution in [3.63, 3.8) is 0 Å². The third-order valence-electron chi connectivity index (χ3n) is 3.69. The monoisotopic (exact) mass is 358 g/mol. The van der Waals surface area contributed by atoms with E-state index in [1.807, 2.05) is 19.9 Å². The summed E-state index contributed by atoms with van der Waals surface area (Å²) in [4.78, 5) is 24.4. The maximum Gasteiger partial charge on any atom is 0.264 e. The molecule has 0 aliphatic carbocycles. The zero-order valence-electron chi connectivity index (χ0n) is 14.0. The number of anilines is 1. The molecule has 2 heterocycles. The van der Waals surface area contributed by atoms with Crippen molar-refractivity contribution in [1.82, 2.24) is 14.8 Å². The molecule has 0 spiro atoms. The van der Waals surface area contributed by atoms with Crippen LogP contribution in [0.5, 0.6) is 5.75 Å². The van der Waals surface area contributed by atoms with E-state index in [0.717, 1.165) is 11.4 Å². The number of nitrogens with one attached hydrogen (secondary N) is 1. The predicted molar refractivity (Wildman–Crippen MR) is 97.3 cm³/mol. The Morgan fingerprint density at radius 1 is 1.24 bits per heavy atom. The Morgan fingerprint density at radius 3 is 2.80 bits per heavy atom. The second-order valence-electron chi connectivity index (χ2n) is 5.32. The summed E-state index contributed by atoms with van der Waals surface area (Å²) in [5.74, 6) is 0.178. The fourth-order valence-electron chi connectivity index (χ4n) is 2.41. The van der Waals surface area contributed by atoms with Crippen LogP contribution in [0.4, 0.5) is 5.13 Å². The number of aryl methyl sites for hydroxylation is 2. The molecule has 0 fully saturated rings. The van der Waals surface area contributed by atoms with Gasteiger partial charge in [0.2, 0.25) is 5.13 Å². The number of carbonyl (C=O) groups excluding carboxylic acids is 1. The number of nitrogens with zero attached hydrogens (tertiary/aromatic N) is 3. The smallest absolute Gasteiger partial charge is 0.264 e. The zero-order valence-corrected chi connectivity index (χ0v) is 14.8. The van der Waals surface area contributed by atoms with Crippen molar-refractivity contribution in [3.8, 4) is 5.75 Å². The van der Waals surface area contributed by atoms with Crippen LogP contribution < -0.4 is 15.6 Å². The largest absolute Gasteiger partial charge is 0.483 e. The van der Waals surface area contributed by atoms with E-state index in [9.17, 15) is 9.59 Å². The van der Waals surface area contributed by atoms with Crippen LogP contribution in [0, 0.1) is 0 Å². The van der Waals surface area contributed by atoms with Gasteiger partial charge in [-0.3, -0.25) is 14.9 Å². The van der Waals surface area contributed by atoms with Gasteiger partial charge in [0.15, 0.2) is 6.61 Å². The van der Waals surface area contributed by atoms with Crippen LogP contribution in [0.25, 0.3) is 10.8 Å². The molecular weight excluding hydrogens is 340 g/mol. The van der Waals surface area contributed by atoms with E-state index >= 15 is 0 Å². The number of hydrogen-bond acceptors (Lipinski definition) is 6. The highest BCUT2D eigenvalue weighted by Gasteiger charge is 2.11. The average molecular weight is 358 g/mol. The van der Waals surface area contributed by atoms with Gasteiger partial charge in [-0.2, -0.15) is 0 Å². The lowest BCUT2D eigenvalue weighted by molar-refractivity contribution is -0.118. The van der Waals surface area contributed by atoms with E-state index in [1.165, 1.54) is 11.3 Å². The Kier molecular flexibility index (Phi) is 5.08. The van der Waals surface area contributed by atoms with Crippen molar-refractivity contribution in [2.75, 3.05) is 11.9 Å². The first-order valence-corrected chi connectivity index (χ1v) is 8.81. The van der Waals surface area contributed by atoms with Gasteiger partial charge in [-0.05, 0) is 31.5 Å². The van der Waals surface area contributed by atoms with E-state index in [1.54, 1.807) is 29.0 Å². The summed E-state index contributed by atoms with van der Waals surface area (Å²) < 4.78 is 7.24. The van der Waals surface area contributed by atoms with Gasteiger partial charge in [0.1, 0.15) is 10.8 Å². The van der Waals surface area contributed by atoms with Gasteiger partial charge in [0.05, 0.1) is 5.39 Å². The first kappa shape index (κ1) is 17.1. The maximum absolute atomic E-state index is 12.3. The quantitative estimate of drug-likeness (QED) is 0.731. The van der Waals surface area contributed by atoms with Gasteiger partial charge < -0.3 is 9.30 Å². The normalized spacial score (nSPS) is 10.8. The maximum atomic E-state index is 12.3. The Hall–Kier alpha value is -2.74. The minimum atomic E-state index is -0.322. The van der Waals surface area contributed by atoms with Crippen molar-refractivity contribution >= 4 is 33.1 Å². The number of rotatable bonds is 6. The summed E-state index contributed by atoms with van der Waals surface area (Å²) >= 11 is 1.34. The summed E-state index contributed by atoms with van der Waals surface area (Å²) in [5.41, 5.74) is -0.0733. The summed E-state index contributed by atoms with van der Waals surface area (Å²) in [6, 6.07) is 7.07. The van der Waals surface area contributed by atoms with Crippen LogP contribution in [0.15, 0.2) is 35.3 Å². The first-order valence-electron chi connectivity index (χ1n) is 7.99. The summed E-state index contributed by atoms with van der Waals surface area (Å²) in [6.07, 6.45) is 2.50. The van der Waals surface area contributed by atoms with E-state index < -0.39 is 0 Å². The standard InChI is InChI=1S/C17H18N4O3S/c1-3-15-19-20-17(25-15)18-14(22)10-24-13-7-5-6-12-11(13)8-9-21(4-2)16(12)23/h5-9H,3-4,10H2,1-2H3,(H,18,20,22). The van der Waals surface area contributed by atoms with Gasteiger partial charge in [-0.15, -0.1) is 10.2 Å². The van der Waals surface area contributed by atoms with E-state index in [2.05, 4.69) is 15.5 Å². The van der Waals surface area contributed by atoms with Gasteiger partial charge in [0, 0.05) is 18.1 Å². The molecule has 1 amide bonds. The highest BCUT2D eigenvalue weighted by molar-refractivity contribution is 7.15. The number of carbonyl (C=O) groups is 1. The third kappa shape index (κ3) is 3.69. The van der Waals surface area contributed by atoms with E-state index in [-0.39, 0.29) is 18.1 Å². The fourth-order valence-corrected chi connectivity index (χ4v) is 3.11. The molecule has 25 heavy (non-hydrogen) atoms. The number of fused-ring (bicyclic) bond motifs is 1. The van der Waals surface area contributed by atoms with Crippen LogP contribution in [0.3, 0.4) is 0 Å². The second-order valence-corrected chi connectivity index (χ2v) is 6.38. The molecule has 0 bridgehead atoms. The molecule has 0 aliphatic rings. The molecule has 1 N–H and O–H groups in total. The summed E-state index contributed by atoms with van der Waals surface area (Å²) in [5, 5.41) is 13.1. The molecule has 1 aromatic carbocycles. The first-order chi connectivity index (χ1) is 12.1. The topological polar surface area (TPSA) is 86.1 Å². The van der Waals surface area contributed by atoms with Crippen LogP contribution in [-0.2, 0) is 17.8 Å². The lowest BCUT2D eigenvalue weighted by Crippen LogP contribution is -2.21. The Balaban J connectivity index is 1.73. The molecule has 3 rings (SSSR count). The molecular formula is C17H18N4O3S. The molecule has 0 aliphatic heterocycles. The summed E-state index contributed by atoms with van der Waals surface area (Å²) in [7, 11) is 0. The number of amides is 1. The molecule has 8 heteroatoms. The third-order valence-corrected chi connectivity index (χ3v) is 4.68. The molecule has 130 valence electrons. The van der Waals surface area contributed by atoms with Crippen molar-refractivity contribution in [3.05, 3.63) is 45.8 Å². The number of pyridine rings is 1. The molecule has 0 unspecified atom stereocenters. The molecule has 7 nitrogen and oxygen atoms in total. The molecule has 0 radical (unpaired) electrons. The molecule has 0 saturated carbocycles. The highest BCUT2D eigenvalue weighted by atomic mass is 32.1. The number of benzene rings is 1. The SMILES string of the molecule is CCc1nnc(NC(=O)COc2cccc3c(=O)n(CC)ccc23)s1. The van der Waals surface area contributed by atoms with Crippen molar-refractivity contribution in [2.45, 2.75) is 26.8 Å². The minimum Gasteiger partial charge on any atom is -0.483 e. The number of ether oxygens (including phenoxy) is 1. The Bertz CT molecular complexity index is 964. The predicted octanol–water partition coefficient (Wildman–Crippen LogP) is 2.45. The molecule has 2 aromatic heterocycles. The second kappa shape index (κ2) is 7.43. The highest BCUT2D eigenvalue weighted by Crippen LogP contribution is 2.23. The van der Waals surface area contributed by atoms with Crippen LogP contribution in [-0.4, -0.2) is 27.3 Å². The molecule has 3 aromatic rings. The van der Waals surface area contributed by atoms with Gasteiger partial charge in [-0.1, -0.05) is 24.3 Å². The van der Waals surface area contributed by atoms with E-state index in [0.29, 0.717) is 28.2 Å². The van der Waals surface area contributed by atoms with Crippen molar-refractivity contribution < 1.29 is 9.53 Å². The zero-order chi connectivity index (χ0) is 17.8. The molecule has 0 atom stereocenters. The Labute approximate surface area is 148 Å². The van der Waals surface area contributed by atoms with Crippen LogP contribution >= 0.6 is 11.3 Å². The van der Waals surface area contributed by atoms with Gasteiger partial charge in [0.25, 0.3) is 11.5 Å². The van der Waals surface area contributed by atoms with Gasteiger partial charge in [-0.25, -0.2) is 0 Å². The lowest BCUT2D eigenvalue weighted by atomic mass is 10.1. The van der Waals surface area contributed by atoms with Crippen molar-refractivity contribution in [2.24, 2.45) is 0 Å². The van der Waals surface area contributed by atoms with Crippen LogP contribution in [0.2, 0.25) is 0 Å². The fraction of sp³-hybridized carbons (Fsp3) is 0.294. The van der Waals surface area contributed by atoms with Gasteiger partial charge >= 0.3 is 0 Å². The minimum absolute atomic E-state index is 0.0733. The average Bonchev–Trinajstić information content (AvgIpc) is 3.08. The van der Waals surface area contributed by atoms with E-state index in [4.69, 9.17) is 4.74 Å². The lowest BCUT2D eigenvalue weighted by Gasteiger charge is -2.10. The molecule has 0 saturated heterocycles. The number of aromatic nitrogens is 3.